The van der Waals surface area contributed by atoms with Crippen molar-refractivity contribution in [3.05, 3.63) is 35.3 Å². The van der Waals surface area contributed by atoms with Gasteiger partial charge in [-0.3, -0.25) is 4.90 Å². The van der Waals surface area contributed by atoms with E-state index in [2.05, 4.69) is 15.3 Å². The van der Waals surface area contributed by atoms with E-state index in [4.69, 9.17) is 4.74 Å². The number of nitrogens with zero attached hydrogens (tertiary/aromatic N) is 2. The van der Waals surface area contributed by atoms with Crippen LogP contribution >= 0.6 is 11.3 Å². The van der Waals surface area contributed by atoms with Gasteiger partial charge in [-0.2, -0.15) is 0 Å². The molecule has 0 amide bonds. The summed E-state index contributed by atoms with van der Waals surface area (Å²) in [5.41, 5.74) is 1.43. The maximum Gasteiger partial charge on any atom is 0.123 e. The number of likely N-dealkylation sites (N-methyl/N-ethyl adjacent to an activating group) is 1. The molecular formula is C16H22N2O2S. The Morgan fingerprint density at radius 3 is 2.52 bits per heavy atom. The van der Waals surface area contributed by atoms with Crippen molar-refractivity contribution in [3.63, 3.8) is 0 Å². The summed E-state index contributed by atoms with van der Waals surface area (Å²) in [5.74, 6) is 0.848. The molecule has 4 nitrogen and oxygen atoms in total. The van der Waals surface area contributed by atoms with Crippen molar-refractivity contribution < 1.29 is 9.84 Å². The van der Waals surface area contributed by atoms with Gasteiger partial charge < -0.3 is 9.84 Å². The summed E-state index contributed by atoms with van der Waals surface area (Å²) in [7, 11) is 3.65. The van der Waals surface area contributed by atoms with Crippen LogP contribution in [0, 0.1) is 0 Å². The number of thiazole rings is 1. The summed E-state index contributed by atoms with van der Waals surface area (Å²) >= 11 is 1.63. The Morgan fingerprint density at radius 1 is 1.29 bits per heavy atom. The SMILES string of the molecule is COc1ccc(-c2nc(CN(C)CC(C)(C)O)cs2)cc1. The van der Waals surface area contributed by atoms with Crippen molar-refractivity contribution in [1.29, 1.82) is 0 Å². The second-order valence-electron chi connectivity index (χ2n) is 5.86. The van der Waals surface area contributed by atoms with Gasteiger partial charge in [0.05, 0.1) is 18.4 Å². The largest absolute Gasteiger partial charge is 0.497 e. The molecule has 114 valence electrons. The van der Waals surface area contributed by atoms with Gasteiger partial charge in [-0.05, 0) is 45.2 Å². The second kappa shape index (κ2) is 6.56. The molecule has 0 saturated heterocycles. The molecule has 1 aromatic carbocycles. The molecule has 1 heterocycles. The maximum atomic E-state index is 9.83. The number of hydrogen-bond acceptors (Lipinski definition) is 5. The lowest BCUT2D eigenvalue weighted by atomic mass is 10.1. The fraction of sp³-hybridized carbons (Fsp3) is 0.438. The fourth-order valence-corrected chi connectivity index (χ4v) is 3.06. The third-order valence-corrected chi connectivity index (χ3v) is 3.92. The molecule has 0 fully saturated rings. The minimum atomic E-state index is -0.691. The van der Waals surface area contributed by atoms with Crippen molar-refractivity contribution in [2.24, 2.45) is 0 Å². The normalized spacial score (nSPS) is 11.9. The summed E-state index contributed by atoms with van der Waals surface area (Å²) in [5, 5.41) is 12.9. The van der Waals surface area contributed by atoms with Gasteiger partial charge in [-0.15, -0.1) is 11.3 Å². The van der Waals surface area contributed by atoms with E-state index in [0.717, 1.165) is 28.6 Å². The summed E-state index contributed by atoms with van der Waals surface area (Å²) in [6.45, 7) is 4.97. The number of rotatable bonds is 6. The van der Waals surface area contributed by atoms with Gasteiger partial charge in [0, 0.05) is 24.0 Å². The molecule has 21 heavy (non-hydrogen) atoms. The van der Waals surface area contributed by atoms with Gasteiger partial charge in [-0.25, -0.2) is 4.98 Å². The van der Waals surface area contributed by atoms with Gasteiger partial charge in [0.2, 0.25) is 0 Å². The lowest BCUT2D eigenvalue weighted by Crippen LogP contribution is -2.35. The third-order valence-electron chi connectivity index (χ3n) is 2.98. The van der Waals surface area contributed by atoms with Gasteiger partial charge in [-0.1, -0.05) is 0 Å². The van der Waals surface area contributed by atoms with Crippen LogP contribution in [0.2, 0.25) is 0 Å². The molecule has 2 rings (SSSR count). The molecule has 0 bridgehead atoms. The topological polar surface area (TPSA) is 45.6 Å². The maximum absolute atomic E-state index is 9.83. The summed E-state index contributed by atoms with van der Waals surface area (Å²) in [6, 6.07) is 7.91. The van der Waals surface area contributed by atoms with Crippen LogP contribution in [0.4, 0.5) is 0 Å². The fourth-order valence-electron chi connectivity index (χ4n) is 2.24. The molecule has 1 aromatic heterocycles. The average Bonchev–Trinajstić information content (AvgIpc) is 2.85. The average molecular weight is 306 g/mol. The Hall–Kier alpha value is -1.43. The first-order valence-electron chi connectivity index (χ1n) is 6.87. The highest BCUT2D eigenvalue weighted by molar-refractivity contribution is 7.13. The smallest absolute Gasteiger partial charge is 0.123 e. The van der Waals surface area contributed by atoms with Crippen LogP contribution in [0.25, 0.3) is 10.6 Å². The number of hydrogen-bond donors (Lipinski definition) is 1. The molecule has 0 radical (unpaired) electrons. The van der Waals surface area contributed by atoms with E-state index >= 15 is 0 Å². The molecular weight excluding hydrogens is 284 g/mol. The highest BCUT2D eigenvalue weighted by Crippen LogP contribution is 2.26. The first kappa shape index (κ1) is 15.9. The first-order valence-corrected chi connectivity index (χ1v) is 7.75. The lowest BCUT2D eigenvalue weighted by Gasteiger charge is -2.24. The quantitative estimate of drug-likeness (QED) is 0.891. The van der Waals surface area contributed by atoms with E-state index in [-0.39, 0.29) is 0 Å². The van der Waals surface area contributed by atoms with Crippen LogP contribution in [0.3, 0.4) is 0 Å². The molecule has 0 aliphatic heterocycles. The summed E-state index contributed by atoms with van der Waals surface area (Å²) in [4.78, 5) is 6.74. The van der Waals surface area contributed by atoms with Crippen molar-refractivity contribution in [3.8, 4) is 16.3 Å². The van der Waals surface area contributed by atoms with Gasteiger partial charge in [0.25, 0.3) is 0 Å². The van der Waals surface area contributed by atoms with Crippen molar-refractivity contribution >= 4 is 11.3 Å². The Balaban J connectivity index is 2.03. The van der Waals surface area contributed by atoms with E-state index in [9.17, 15) is 5.11 Å². The van der Waals surface area contributed by atoms with E-state index in [1.165, 1.54) is 0 Å². The molecule has 2 aromatic rings. The molecule has 0 saturated carbocycles. The van der Waals surface area contributed by atoms with Crippen LogP contribution in [-0.4, -0.2) is 41.3 Å². The zero-order valence-corrected chi connectivity index (χ0v) is 13.8. The molecule has 5 heteroatoms. The highest BCUT2D eigenvalue weighted by Gasteiger charge is 2.16. The Morgan fingerprint density at radius 2 is 1.95 bits per heavy atom. The number of aromatic nitrogens is 1. The highest BCUT2D eigenvalue weighted by atomic mass is 32.1. The Bertz CT molecular complexity index is 573. The van der Waals surface area contributed by atoms with Gasteiger partial charge in [0.1, 0.15) is 10.8 Å². The predicted octanol–water partition coefficient (Wildman–Crippen LogP) is 3.02. The van der Waals surface area contributed by atoms with E-state index in [1.807, 2.05) is 45.2 Å². The molecule has 0 aliphatic rings. The zero-order chi connectivity index (χ0) is 15.5. The number of methoxy groups -OCH3 is 1. The van der Waals surface area contributed by atoms with Crippen molar-refractivity contribution in [1.82, 2.24) is 9.88 Å². The standard InChI is InChI=1S/C16H22N2O2S/c1-16(2,19)11-18(3)9-13-10-21-15(17-13)12-5-7-14(20-4)8-6-12/h5-8,10,19H,9,11H2,1-4H3. The van der Waals surface area contributed by atoms with Gasteiger partial charge in [0.15, 0.2) is 0 Å². The Kier molecular flexibility index (Phi) is 4.98. The van der Waals surface area contributed by atoms with E-state index in [1.54, 1.807) is 18.4 Å². The van der Waals surface area contributed by atoms with E-state index in [0.29, 0.717) is 6.54 Å². The van der Waals surface area contributed by atoms with Crippen LogP contribution in [0.5, 0.6) is 5.75 Å². The molecule has 1 N–H and O–H groups in total. The first-order chi connectivity index (χ1) is 9.87. The molecule has 0 spiro atoms. The third kappa shape index (κ3) is 4.81. The second-order valence-corrected chi connectivity index (χ2v) is 6.72. The molecule has 0 unspecified atom stereocenters. The minimum absolute atomic E-state index is 0.613. The zero-order valence-electron chi connectivity index (χ0n) is 13.0. The molecule has 0 atom stereocenters. The predicted molar refractivity (Wildman–Crippen MR) is 86.7 cm³/mol. The number of ether oxygens (including phenoxy) is 1. The Labute approximate surface area is 130 Å². The minimum Gasteiger partial charge on any atom is -0.497 e. The summed E-state index contributed by atoms with van der Waals surface area (Å²) in [6.07, 6.45) is 0. The summed E-state index contributed by atoms with van der Waals surface area (Å²) < 4.78 is 5.16. The van der Waals surface area contributed by atoms with Crippen LogP contribution in [0.15, 0.2) is 29.6 Å². The van der Waals surface area contributed by atoms with E-state index < -0.39 is 5.60 Å². The lowest BCUT2D eigenvalue weighted by molar-refractivity contribution is 0.0422. The van der Waals surface area contributed by atoms with Crippen LogP contribution < -0.4 is 4.74 Å². The molecule has 0 aliphatic carbocycles. The monoisotopic (exact) mass is 306 g/mol. The van der Waals surface area contributed by atoms with Crippen molar-refractivity contribution in [2.45, 2.75) is 26.0 Å². The van der Waals surface area contributed by atoms with Gasteiger partial charge >= 0.3 is 0 Å². The van der Waals surface area contributed by atoms with Crippen LogP contribution in [0.1, 0.15) is 19.5 Å². The van der Waals surface area contributed by atoms with Crippen molar-refractivity contribution in [2.75, 3.05) is 20.7 Å². The number of aliphatic hydroxyl groups is 1. The number of benzene rings is 1. The van der Waals surface area contributed by atoms with Crippen LogP contribution in [-0.2, 0) is 6.54 Å².